The van der Waals surface area contributed by atoms with Gasteiger partial charge in [0.25, 0.3) is 11.8 Å². The Balaban J connectivity index is 1.26. The summed E-state index contributed by atoms with van der Waals surface area (Å²) in [6.45, 7) is 0.215. The molecule has 0 radical (unpaired) electrons. The van der Waals surface area contributed by atoms with Gasteiger partial charge in [0.15, 0.2) is 0 Å². The summed E-state index contributed by atoms with van der Waals surface area (Å²) < 4.78 is 5.46. The molecule has 3 aromatic rings. The van der Waals surface area contributed by atoms with Crippen molar-refractivity contribution in [1.82, 2.24) is 0 Å². The second-order valence-corrected chi connectivity index (χ2v) is 8.22. The lowest BCUT2D eigenvalue weighted by Gasteiger charge is -2.17. The minimum absolute atomic E-state index is 0.0502. The van der Waals surface area contributed by atoms with E-state index in [-0.39, 0.29) is 24.6 Å². The van der Waals surface area contributed by atoms with Crippen molar-refractivity contribution < 1.29 is 23.9 Å². The number of esters is 1. The van der Waals surface area contributed by atoms with Crippen molar-refractivity contribution in [2.24, 2.45) is 5.92 Å². The molecule has 164 valence electrons. The summed E-state index contributed by atoms with van der Waals surface area (Å²) in [7, 11) is 0. The quantitative estimate of drug-likeness (QED) is 0.332. The minimum Gasteiger partial charge on any atom is -0.426 e. The van der Waals surface area contributed by atoms with E-state index in [1.807, 2.05) is 0 Å². The van der Waals surface area contributed by atoms with Crippen LogP contribution in [0.15, 0.2) is 72.8 Å². The van der Waals surface area contributed by atoms with E-state index in [1.165, 1.54) is 17.0 Å². The number of carbonyl (C=O) groups excluding carboxylic acids is 4. The normalized spacial score (nSPS) is 17.5. The molecule has 0 spiro atoms. The number of ether oxygens (including phenoxy) is 1. The molecule has 3 amide bonds. The van der Waals surface area contributed by atoms with Crippen molar-refractivity contribution in [3.05, 3.63) is 88.9 Å². The molecule has 33 heavy (non-hydrogen) atoms. The van der Waals surface area contributed by atoms with Crippen molar-refractivity contribution in [3.8, 4) is 5.75 Å². The van der Waals surface area contributed by atoms with E-state index in [4.69, 9.17) is 16.3 Å². The highest BCUT2D eigenvalue weighted by Gasteiger charge is 2.37. The molecule has 1 saturated heterocycles. The zero-order valence-corrected chi connectivity index (χ0v) is 18.0. The molecule has 2 heterocycles. The van der Waals surface area contributed by atoms with Gasteiger partial charge in [-0.3, -0.25) is 19.2 Å². The molecule has 8 heteroatoms. The van der Waals surface area contributed by atoms with Crippen molar-refractivity contribution in [2.45, 2.75) is 6.42 Å². The van der Waals surface area contributed by atoms with Crippen LogP contribution in [0.25, 0.3) is 0 Å². The Bertz CT molecular complexity index is 1250. The number of anilines is 2. The van der Waals surface area contributed by atoms with Crippen LogP contribution in [0.1, 0.15) is 27.1 Å². The summed E-state index contributed by atoms with van der Waals surface area (Å²) >= 11 is 5.90. The molecule has 2 aliphatic heterocycles. The number of imide groups is 1. The highest BCUT2D eigenvalue weighted by atomic mass is 35.5. The summed E-state index contributed by atoms with van der Waals surface area (Å²) in [6, 6.07) is 19.6. The first-order chi connectivity index (χ1) is 15.9. The standard InChI is InChI=1S/C25H17ClN2O5/c26-16-5-7-17(8-6-16)27-14-15(13-22(27)29)25(32)33-19-11-9-18(10-12-19)28-23(30)20-3-1-2-4-21(20)24(28)31/h1-12,15H,13-14H2/t15-/m1/s1. The number of amides is 3. The minimum atomic E-state index is -0.607. The van der Waals surface area contributed by atoms with E-state index in [0.717, 1.165) is 4.90 Å². The van der Waals surface area contributed by atoms with Gasteiger partial charge in [-0.1, -0.05) is 23.7 Å². The molecule has 0 aromatic heterocycles. The molecule has 0 unspecified atom stereocenters. The lowest BCUT2D eigenvalue weighted by Crippen LogP contribution is -2.29. The molecule has 0 saturated carbocycles. The van der Waals surface area contributed by atoms with Crippen LogP contribution in [0.5, 0.6) is 5.75 Å². The number of benzene rings is 3. The monoisotopic (exact) mass is 460 g/mol. The molecule has 2 aliphatic rings. The first-order valence-electron chi connectivity index (χ1n) is 10.3. The van der Waals surface area contributed by atoms with Gasteiger partial charge >= 0.3 is 5.97 Å². The zero-order valence-electron chi connectivity index (χ0n) is 17.2. The van der Waals surface area contributed by atoms with Crippen LogP contribution in [-0.4, -0.2) is 30.2 Å². The number of nitrogens with zero attached hydrogens (tertiary/aromatic N) is 2. The number of hydrogen-bond acceptors (Lipinski definition) is 5. The Kier molecular flexibility index (Phi) is 5.18. The van der Waals surface area contributed by atoms with Crippen molar-refractivity contribution in [3.63, 3.8) is 0 Å². The van der Waals surface area contributed by atoms with E-state index in [9.17, 15) is 19.2 Å². The van der Waals surface area contributed by atoms with Crippen molar-refractivity contribution in [2.75, 3.05) is 16.3 Å². The SMILES string of the molecule is O=C(Oc1ccc(N2C(=O)c3ccccc3C2=O)cc1)[C@@H]1CC(=O)N(c2ccc(Cl)cc2)C1. The van der Waals surface area contributed by atoms with E-state index < -0.39 is 23.7 Å². The summed E-state index contributed by atoms with van der Waals surface area (Å²) in [6.07, 6.45) is 0.0502. The molecule has 7 nitrogen and oxygen atoms in total. The lowest BCUT2D eigenvalue weighted by atomic mass is 10.1. The first kappa shape index (κ1) is 20.9. The number of fused-ring (bicyclic) bond motifs is 1. The highest BCUT2D eigenvalue weighted by Crippen LogP contribution is 2.31. The van der Waals surface area contributed by atoms with Crippen molar-refractivity contribution >= 4 is 46.7 Å². The van der Waals surface area contributed by atoms with Gasteiger partial charge in [0, 0.05) is 23.7 Å². The third-order valence-electron chi connectivity index (χ3n) is 5.70. The number of halogens is 1. The molecule has 3 aromatic carbocycles. The summed E-state index contributed by atoms with van der Waals surface area (Å²) in [5, 5.41) is 0.561. The Hall–Kier alpha value is -3.97. The Morgan fingerprint density at radius 1 is 0.818 bits per heavy atom. The Morgan fingerprint density at radius 3 is 2.00 bits per heavy atom. The van der Waals surface area contributed by atoms with Gasteiger partial charge in [-0.2, -0.15) is 0 Å². The molecule has 0 aliphatic carbocycles. The van der Waals surface area contributed by atoms with Gasteiger partial charge in [0.05, 0.1) is 22.7 Å². The van der Waals surface area contributed by atoms with Crippen LogP contribution < -0.4 is 14.5 Å². The maximum atomic E-state index is 12.6. The van der Waals surface area contributed by atoms with Crippen LogP contribution in [0.3, 0.4) is 0 Å². The van der Waals surface area contributed by atoms with Crippen LogP contribution in [0.4, 0.5) is 11.4 Å². The predicted molar refractivity (Wildman–Crippen MR) is 122 cm³/mol. The Labute approximate surface area is 194 Å². The topological polar surface area (TPSA) is 84.0 Å². The van der Waals surface area contributed by atoms with E-state index >= 15 is 0 Å². The Morgan fingerprint density at radius 2 is 1.39 bits per heavy atom. The number of rotatable bonds is 4. The van der Waals surface area contributed by atoms with E-state index in [0.29, 0.717) is 27.5 Å². The molecule has 0 bridgehead atoms. The maximum Gasteiger partial charge on any atom is 0.316 e. The van der Waals surface area contributed by atoms with Gasteiger partial charge in [0.1, 0.15) is 5.75 Å². The molecule has 5 rings (SSSR count). The average Bonchev–Trinajstić information content (AvgIpc) is 3.33. The highest BCUT2D eigenvalue weighted by molar-refractivity contribution is 6.34. The number of hydrogen-bond donors (Lipinski definition) is 0. The smallest absolute Gasteiger partial charge is 0.316 e. The second-order valence-electron chi connectivity index (χ2n) is 7.79. The summed E-state index contributed by atoms with van der Waals surface area (Å²) in [5.74, 6) is -1.82. The first-order valence-corrected chi connectivity index (χ1v) is 10.7. The van der Waals surface area contributed by atoms with Crippen molar-refractivity contribution in [1.29, 1.82) is 0 Å². The molecular formula is C25H17ClN2O5. The van der Waals surface area contributed by atoms with Crippen LogP contribution >= 0.6 is 11.6 Å². The van der Waals surface area contributed by atoms with E-state index in [2.05, 4.69) is 0 Å². The van der Waals surface area contributed by atoms with E-state index in [1.54, 1.807) is 60.7 Å². The van der Waals surface area contributed by atoms with Gasteiger partial charge in [-0.25, -0.2) is 4.90 Å². The third-order valence-corrected chi connectivity index (χ3v) is 5.96. The van der Waals surface area contributed by atoms with Gasteiger partial charge in [-0.15, -0.1) is 0 Å². The lowest BCUT2D eigenvalue weighted by molar-refractivity contribution is -0.139. The van der Waals surface area contributed by atoms with Crippen LogP contribution in [-0.2, 0) is 9.59 Å². The fourth-order valence-electron chi connectivity index (χ4n) is 4.02. The predicted octanol–water partition coefficient (Wildman–Crippen LogP) is 4.10. The van der Waals surface area contributed by atoms with Crippen LogP contribution in [0.2, 0.25) is 5.02 Å². The fraction of sp³-hybridized carbons (Fsp3) is 0.120. The fourth-order valence-corrected chi connectivity index (χ4v) is 4.15. The van der Waals surface area contributed by atoms with Gasteiger partial charge in [-0.05, 0) is 60.7 Å². The zero-order chi connectivity index (χ0) is 23.1. The van der Waals surface area contributed by atoms with Gasteiger partial charge in [0.2, 0.25) is 5.91 Å². The third kappa shape index (κ3) is 3.76. The number of carbonyl (C=O) groups is 4. The van der Waals surface area contributed by atoms with Crippen LogP contribution in [0, 0.1) is 5.92 Å². The molecule has 1 atom stereocenters. The second kappa shape index (κ2) is 8.18. The molecular weight excluding hydrogens is 444 g/mol. The molecule has 1 fully saturated rings. The summed E-state index contributed by atoms with van der Waals surface area (Å²) in [4.78, 5) is 52.9. The molecule has 0 N–H and O–H groups in total. The van der Waals surface area contributed by atoms with Gasteiger partial charge < -0.3 is 9.64 Å². The maximum absolute atomic E-state index is 12.6. The summed E-state index contributed by atoms with van der Waals surface area (Å²) in [5.41, 5.74) is 1.76. The largest absolute Gasteiger partial charge is 0.426 e. The average molecular weight is 461 g/mol.